The molecule has 2 rings (SSSR count). The van der Waals surface area contributed by atoms with E-state index in [0.29, 0.717) is 16.9 Å². The molecule has 0 heterocycles. The summed E-state index contributed by atoms with van der Waals surface area (Å²) in [6.45, 7) is 0.892. The first kappa shape index (κ1) is 20.3. The first-order chi connectivity index (χ1) is 13.3. The van der Waals surface area contributed by atoms with E-state index in [9.17, 15) is 24.5 Å². The van der Waals surface area contributed by atoms with Crippen molar-refractivity contribution < 1.29 is 24.0 Å². The largest absolute Gasteiger partial charge is 0.452 e. The molecule has 0 bridgehead atoms. The van der Waals surface area contributed by atoms with Gasteiger partial charge in [0.15, 0.2) is 6.61 Å². The minimum absolute atomic E-state index is 0.0978. The number of amides is 2. The molecule has 0 aromatic heterocycles. The second kappa shape index (κ2) is 9.62. The van der Waals surface area contributed by atoms with E-state index >= 15 is 0 Å². The van der Waals surface area contributed by atoms with Crippen molar-refractivity contribution in [3.63, 3.8) is 0 Å². The van der Waals surface area contributed by atoms with Crippen molar-refractivity contribution in [2.45, 2.75) is 6.92 Å². The Morgan fingerprint density at radius 3 is 2.32 bits per heavy atom. The lowest BCUT2D eigenvalue weighted by atomic mass is 10.2. The first-order valence-corrected chi connectivity index (χ1v) is 8.10. The molecule has 144 valence electrons. The average Bonchev–Trinajstić information content (AvgIpc) is 2.66. The van der Waals surface area contributed by atoms with Crippen LogP contribution in [0.2, 0.25) is 0 Å². The summed E-state index contributed by atoms with van der Waals surface area (Å²) in [5, 5.41) is 15.9. The molecule has 0 saturated carbocycles. The highest BCUT2D eigenvalue weighted by molar-refractivity contribution is 5.95. The Labute approximate surface area is 160 Å². The van der Waals surface area contributed by atoms with Gasteiger partial charge in [-0.05, 0) is 35.9 Å². The van der Waals surface area contributed by atoms with Crippen LogP contribution >= 0.6 is 0 Å². The molecule has 0 radical (unpaired) electrons. The van der Waals surface area contributed by atoms with Gasteiger partial charge in [-0.2, -0.15) is 0 Å². The average molecular weight is 383 g/mol. The van der Waals surface area contributed by atoms with Crippen molar-refractivity contribution in [1.82, 2.24) is 0 Å². The van der Waals surface area contributed by atoms with Crippen LogP contribution in [0.1, 0.15) is 12.5 Å². The third-order valence-electron chi connectivity index (χ3n) is 3.33. The highest BCUT2D eigenvalue weighted by atomic mass is 16.6. The summed E-state index contributed by atoms with van der Waals surface area (Å²) < 4.78 is 4.82. The van der Waals surface area contributed by atoms with Crippen molar-refractivity contribution in [3.05, 3.63) is 70.3 Å². The molecule has 28 heavy (non-hydrogen) atoms. The molecular formula is C19H17N3O6. The second-order valence-electron chi connectivity index (χ2n) is 5.60. The number of benzene rings is 2. The predicted molar refractivity (Wildman–Crippen MR) is 102 cm³/mol. The fraction of sp³-hybridized carbons (Fsp3) is 0.105. The fourth-order valence-electron chi connectivity index (χ4n) is 2.13. The minimum Gasteiger partial charge on any atom is -0.452 e. The Morgan fingerprint density at radius 2 is 1.71 bits per heavy atom. The van der Waals surface area contributed by atoms with Gasteiger partial charge in [-0.25, -0.2) is 4.79 Å². The van der Waals surface area contributed by atoms with Crippen LogP contribution in [0.4, 0.5) is 17.1 Å². The number of anilines is 2. The van der Waals surface area contributed by atoms with Gasteiger partial charge in [0.25, 0.3) is 11.6 Å². The van der Waals surface area contributed by atoms with Crippen LogP contribution in [0.3, 0.4) is 0 Å². The number of esters is 1. The van der Waals surface area contributed by atoms with Crippen LogP contribution in [0, 0.1) is 10.1 Å². The smallest absolute Gasteiger partial charge is 0.331 e. The van der Waals surface area contributed by atoms with Gasteiger partial charge in [0, 0.05) is 36.5 Å². The van der Waals surface area contributed by atoms with Crippen LogP contribution in [0.25, 0.3) is 6.08 Å². The third-order valence-corrected chi connectivity index (χ3v) is 3.33. The van der Waals surface area contributed by atoms with Gasteiger partial charge < -0.3 is 15.4 Å². The monoisotopic (exact) mass is 383 g/mol. The number of nitro benzene ring substituents is 1. The van der Waals surface area contributed by atoms with Gasteiger partial charge in [0.2, 0.25) is 5.91 Å². The molecule has 0 aliphatic carbocycles. The lowest BCUT2D eigenvalue weighted by molar-refractivity contribution is -0.384. The molecule has 0 aliphatic heterocycles. The minimum atomic E-state index is -0.761. The molecule has 9 nitrogen and oxygen atoms in total. The van der Waals surface area contributed by atoms with E-state index in [2.05, 4.69) is 10.6 Å². The Hall–Kier alpha value is -4.01. The van der Waals surface area contributed by atoms with Crippen LogP contribution in [0.5, 0.6) is 0 Å². The molecular weight excluding hydrogens is 366 g/mol. The van der Waals surface area contributed by atoms with Crippen molar-refractivity contribution in [1.29, 1.82) is 0 Å². The summed E-state index contributed by atoms with van der Waals surface area (Å²) in [4.78, 5) is 44.6. The molecule has 0 saturated heterocycles. The zero-order valence-electron chi connectivity index (χ0n) is 14.9. The molecule has 2 N–H and O–H groups in total. The topological polar surface area (TPSA) is 128 Å². The van der Waals surface area contributed by atoms with Gasteiger partial charge in [-0.1, -0.05) is 12.1 Å². The summed E-state index contributed by atoms with van der Waals surface area (Å²) in [7, 11) is 0. The molecule has 2 aromatic rings. The van der Waals surface area contributed by atoms with E-state index < -0.39 is 23.4 Å². The molecule has 0 aliphatic rings. The van der Waals surface area contributed by atoms with E-state index in [1.165, 1.54) is 31.2 Å². The molecule has 0 unspecified atom stereocenters. The van der Waals surface area contributed by atoms with Gasteiger partial charge in [0.05, 0.1) is 4.92 Å². The molecule has 0 atom stereocenters. The van der Waals surface area contributed by atoms with Crippen molar-refractivity contribution in [2.24, 2.45) is 0 Å². The quantitative estimate of drug-likeness (QED) is 0.327. The number of non-ortho nitro benzene ring substituents is 1. The standard InChI is InChI=1S/C19H17N3O6/c1-13(23)20-15-6-8-16(9-7-15)21-18(24)12-28-19(25)10-5-14-3-2-4-17(11-14)22(26)27/h2-11H,12H2,1H3,(H,20,23)(H,21,24)/b10-5+. The lowest BCUT2D eigenvalue weighted by Gasteiger charge is -2.07. The van der Waals surface area contributed by atoms with Crippen LogP contribution in [-0.2, 0) is 19.1 Å². The maximum Gasteiger partial charge on any atom is 0.331 e. The molecule has 2 amide bonds. The number of ether oxygens (including phenoxy) is 1. The first-order valence-electron chi connectivity index (χ1n) is 8.10. The number of hydrogen-bond acceptors (Lipinski definition) is 6. The van der Waals surface area contributed by atoms with E-state index in [1.54, 1.807) is 30.3 Å². The number of carbonyl (C=O) groups excluding carboxylic acids is 3. The van der Waals surface area contributed by atoms with E-state index in [0.717, 1.165) is 6.08 Å². The maximum absolute atomic E-state index is 11.8. The number of nitrogens with zero attached hydrogens (tertiary/aromatic N) is 1. The van der Waals surface area contributed by atoms with Crippen LogP contribution in [0.15, 0.2) is 54.6 Å². The van der Waals surface area contributed by atoms with Crippen molar-refractivity contribution >= 4 is 40.9 Å². The highest BCUT2D eigenvalue weighted by Gasteiger charge is 2.07. The normalized spacial score (nSPS) is 10.3. The number of hydrogen-bond donors (Lipinski definition) is 2. The Kier molecular flexibility index (Phi) is 6.98. The van der Waals surface area contributed by atoms with E-state index in [-0.39, 0.29) is 11.6 Å². The van der Waals surface area contributed by atoms with Gasteiger partial charge in [0.1, 0.15) is 0 Å². The van der Waals surface area contributed by atoms with Gasteiger partial charge in [-0.3, -0.25) is 19.7 Å². The summed E-state index contributed by atoms with van der Waals surface area (Å²) in [5.74, 6) is -1.51. The zero-order valence-corrected chi connectivity index (χ0v) is 14.9. The predicted octanol–water partition coefficient (Wildman–Crippen LogP) is 2.75. The SMILES string of the molecule is CC(=O)Nc1ccc(NC(=O)COC(=O)/C=C/c2cccc([N+](=O)[O-])c2)cc1. The number of rotatable bonds is 7. The maximum atomic E-state index is 11.8. The number of nitro groups is 1. The highest BCUT2D eigenvalue weighted by Crippen LogP contribution is 2.15. The Morgan fingerprint density at radius 1 is 1.07 bits per heavy atom. The van der Waals surface area contributed by atoms with Crippen molar-refractivity contribution in [2.75, 3.05) is 17.2 Å². The summed E-state index contributed by atoms with van der Waals surface area (Å²) >= 11 is 0. The fourth-order valence-corrected chi connectivity index (χ4v) is 2.13. The summed E-state index contributed by atoms with van der Waals surface area (Å²) in [6, 6.07) is 12.1. The van der Waals surface area contributed by atoms with Crippen molar-refractivity contribution in [3.8, 4) is 0 Å². The van der Waals surface area contributed by atoms with E-state index in [4.69, 9.17) is 4.74 Å². The number of carbonyl (C=O) groups is 3. The van der Waals surface area contributed by atoms with Crippen LogP contribution in [-0.4, -0.2) is 29.3 Å². The second-order valence-corrected chi connectivity index (χ2v) is 5.60. The third kappa shape index (κ3) is 6.71. The summed E-state index contributed by atoms with van der Waals surface area (Å²) in [6.07, 6.45) is 2.43. The summed E-state index contributed by atoms with van der Waals surface area (Å²) in [5.41, 5.74) is 1.42. The lowest BCUT2D eigenvalue weighted by Crippen LogP contribution is -2.20. The van der Waals surface area contributed by atoms with Crippen LogP contribution < -0.4 is 10.6 Å². The molecule has 0 fully saturated rings. The Balaban J connectivity index is 1.82. The van der Waals surface area contributed by atoms with Gasteiger partial charge >= 0.3 is 5.97 Å². The van der Waals surface area contributed by atoms with Gasteiger partial charge in [-0.15, -0.1) is 0 Å². The Bertz CT molecular complexity index is 922. The zero-order chi connectivity index (χ0) is 20.5. The molecule has 2 aromatic carbocycles. The molecule has 0 spiro atoms. The van der Waals surface area contributed by atoms with E-state index in [1.807, 2.05) is 0 Å². The molecule has 9 heteroatoms. The number of nitrogens with one attached hydrogen (secondary N) is 2.